The Labute approximate surface area is 135 Å². The van der Waals surface area contributed by atoms with E-state index in [-0.39, 0.29) is 18.3 Å². The molecule has 2 aliphatic heterocycles. The van der Waals surface area contributed by atoms with Gasteiger partial charge in [0.2, 0.25) is 0 Å². The standard InChI is InChI=1S/C18H28BNO2/c1-14-10-11-20(12-14)13-15-8-6-7-9-16(15)19-21-17(2,3)18(4,5)22-19/h6-9,14H,10-13H2,1-5H3. The van der Waals surface area contributed by atoms with Crippen molar-refractivity contribution in [2.24, 2.45) is 5.92 Å². The first-order chi connectivity index (χ1) is 10.3. The van der Waals surface area contributed by atoms with Gasteiger partial charge in [0.1, 0.15) is 0 Å². The molecule has 0 saturated carbocycles. The third-order valence-electron chi connectivity index (χ3n) is 5.46. The van der Waals surface area contributed by atoms with Gasteiger partial charge in [-0.25, -0.2) is 0 Å². The highest BCUT2D eigenvalue weighted by molar-refractivity contribution is 6.62. The second-order valence-electron chi connectivity index (χ2n) is 7.92. The van der Waals surface area contributed by atoms with Gasteiger partial charge in [0.05, 0.1) is 11.2 Å². The number of likely N-dealkylation sites (tertiary alicyclic amines) is 1. The SMILES string of the molecule is CC1CCN(Cc2ccccc2B2OC(C)(C)C(C)(C)O2)C1. The van der Waals surface area contributed by atoms with Crippen LogP contribution in [0.3, 0.4) is 0 Å². The number of nitrogens with zero attached hydrogens (tertiary/aromatic N) is 1. The zero-order chi connectivity index (χ0) is 16.0. The van der Waals surface area contributed by atoms with E-state index in [9.17, 15) is 0 Å². The fourth-order valence-electron chi connectivity index (χ4n) is 3.29. The maximum Gasteiger partial charge on any atom is 0.495 e. The van der Waals surface area contributed by atoms with E-state index in [2.05, 4.69) is 63.8 Å². The first-order valence-electron chi connectivity index (χ1n) is 8.44. The van der Waals surface area contributed by atoms with E-state index in [4.69, 9.17) is 9.31 Å². The molecule has 1 aromatic rings. The van der Waals surface area contributed by atoms with Crippen LogP contribution < -0.4 is 5.46 Å². The molecular formula is C18H28BNO2. The van der Waals surface area contributed by atoms with Gasteiger partial charge < -0.3 is 9.31 Å². The van der Waals surface area contributed by atoms with E-state index in [0.29, 0.717) is 0 Å². The normalized spacial score (nSPS) is 27.5. The molecule has 2 saturated heterocycles. The Kier molecular flexibility index (Phi) is 4.13. The molecule has 0 spiro atoms. The molecule has 0 bridgehead atoms. The second kappa shape index (κ2) is 5.66. The molecule has 1 atom stereocenters. The van der Waals surface area contributed by atoms with E-state index in [1.807, 2.05) is 0 Å². The quantitative estimate of drug-likeness (QED) is 0.801. The number of hydrogen-bond donors (Lipinski definition) is 0. The van der Waals surface area contributed by atoms with Gasteiger partial charge in [0.25, 0.3) is 0 Å². The summed E-state index contributed by atoms with van der Waals surface area (Å²) >= 11 is 0. The second-order valence-corrected chi connectivity index (χ2v) is 7.92. The summed E-state index contributed by atoms with van der Waals surface area (Å²) in [5.74, 6) is 0.809. The molecule has 3 nitrogen and oxygen atoms in total. The molecule has 120 valence electrons. The average molecular weight is 301 g/mol. The lowest BCUT2D eigenvalue weighted by molar-refractivity contribution is 0.00578. The molecule has 4 heteroatoms. The Bertz CT molecular complexity index is 528. The number of rotatable bonds is 3. The van der Waals surface area contributed by atoms with Gasteiger partial charge in [-0.3, -0.25) is 4.90 Å². The Balaban J connectivity index is 1.80. The molecule has 1 unspecified atom stereocenters. The van der Waals surface area contributed by atoms with Gasteiger partial charge in [0, 0.05) is 13.1 Å². The molecule has 0 N–H and O–H groups in total. The lowest BCUT2D eigenvalue weighted by Gasteiger charge is -2.32. The maximum absolute atomic E-state index is 6.24. The van der Waals surface area contributed by atoms with E-state index in [1.54, 1.807) is 0 Å². The molecule has 0 aliphatic carbocycles. The summed E-state index contributed by atoms with van der Waals surface area (Å²) in [6.45, 7) is 14.1. The van der Waals surface area contributed by atoms with Gasteiger partial charge in [0.15, 0.2) is 0 Å². The Morgan fingerprint density at radius 1 is 1.14 bits per heavy atom. The summed E-state index contributed by atoms with van der Waals surface area (Å²) in [5.41, 5.74) is 1.94. The summed E-state index contributed by atoms with van der Waals surface area (Å²) in [4.78, 5) is 2.54. The van der Waals surface area contributed by atoms with Gasteiger partial charge in [-0.1, -0.05) is 31.2 Å². The largest absolute Gasteiger partial charge is 0.495 e. The summed E-state index contributed by atoms with van der Waals surface area (Å²) in [6.07, 6.45) is 1.30. The van der Waals surface area contributed by atoms with Crippen molar-refractivity contribution in [3.8, 4) is 0 Å². The van der Waals surface area contributed by atoms with Crippen LogP contribution in [0.5, 0.6) is 0 Å². The first-order valence-corrected chi connectivity index (χ1v) is 8.44. The molecule has 2 fully saturated rings. The molecule has 1 aromatic carbocycles. The van der Waals surface area contributed by atoms with Crippen molar-refractivity contribution >= 4 is 12.6 Å². The molecule has 0 amide bonds. The lowest BCUT2D eigenvalue weighted by atomic mass is 9.76. The fourth-order valence-corrected chi connectivity index (χ4v) is 3.29. The predicted molar refractivity (Wildman–Crippen MR) is 91.2 cm³/mol. The van der Waals surface area contributed by atoms with Crippen LogP contribution in [0, 0.1) is 5.92 Å². The lowest BCUT2D eigenvalue weighted by Crippen LogP contribution is -2.41. The van der Waals surface area contributed by atoms with Crippen LogP contribution in [0.1, 0.15) is 46.6 Å². The Morgan fingerprint density at radius 2 is 1.77 bits per heavy atom. The van der Waals surface area contributed by atoms with Crippen LogP contribution in [0.4, 0.5) is 0 Å². The fraction of sp³-hybridized carbons (Fsp3) is 0.667. The summed E-state index contributed by atoms with van der Waals surface area (Å²) < 4.78 is 12.5. The van der Waals surface area contributed by atoms with Crippen LogP contribution in [0.15, 0.2) is 24.3 Å². The summed E-state index contributed by atoms with van der Waals surface area (Å²) in [7, 11) is -0.263. The van der Waals surface area contributed by atoms with E-state index < -0.39 is 0 Å². The summed E-state index contributed by atoms with van der Waals surface area (Å²) in [6, 6.07) is 8.56. The third kappa shape index (κ3) is 2.97. The summed E-state index contributed by atoms with van der Waals surface area (Å²) in [5, 5.41) is 0. The van der Waals surface area contributed by atoms with Crippen molar-refractivity contribution in [1.82, 2.24) is 4.90 Å². The highest BCUT2D eigenvalue weighted by Crippen LogP contribution is 2.36. The van der Waals surface area contributed by atoms with Crippen LogP contribution >= 0.6 is 0 Å². The molecule has 0 aromatic heterocycles. The zero-order valence-electron chi connectivity index (χ0n) is 14.6. The molecule has 22 heavy (non-hydrogen) atoms. The van der Waals surface area contributed by atoms with Crippen LogP contribution in [0.2, 0.25) is 0 Å². The van der Waals surface area contributed by atoms with E-state index in [0.717, 1.165) is 12.5 Å². The van der Waals surface area contributed by atoms with Crippen LogP contribution in [-0.4, -0.2) is 36.3 Å². The van der Waals surface area contributed by atoms with Crippen LogP contribution in [0.25, 0.3) is 0 Å². The number of hydrogen-bond acceptors (Lipinski definition) is 3. The molecule has 3 rings (SSSR count). The van der Waals surface area contributed by atoms with Gasteiger partial charge in [-0.05, 0) is 57.6 Å². The molecule has 0 radical (unpaired) electrons. The van der Waals surface area contributed by atoms with Gasteiger partial charge in [-0.2, -0.15) is 0 Å². The molecule has 2 aliphatic rings. The minimum Gasteiger partial charge on any atom is -0.399 e. The van der Waals surface area contributed by atoms with Gasteiger partial charge in [-0.15, -0.1) is 0 Å². The number of benzene rings is 1. The molecule has 2 heterocycles. The van der Waals surface area contributed by atoms with Crippen molar-refractivity contribution in [1.29, 1.82) is 0 Å². The zero-order valence-corrected chi connectivity index (χ0v) is 14.6. The predicted octanol–water partition coefficient (Wildman–Crippen LogP) is 2.83. The Morgan fingerprint density at radius 3 is 2.36 bits per heavy atom. The van der Waals surface area contributed by atoms with E-state index in [1.165, 1.54) is 30.5 Å². The van der Waals surface area contributed by atoms with Crippen LogP contribution in [-0.2, 0) is 15.9 Å². The van der Waals surface area contributed by atoms with Crippen molar-refractivity contribution in [2.45, 2.75) is 58.8 Å². The van der Waals surface area contributed by atoms with Crippen molar-refractivity contribution in [2.75, 3.05) is 13.1 Å². The topological polar surface area (TPSA) is 21.7 Å². The minimum atomic E-state index is -0.285. The monoisotopic (exact) mass is 301 g/mol. The highest BCUT2D eigenvalue weighted by Gasteiger charge is 2.52. The van der Waals surface area contributed by atoms with Crippen molar-refractivity contribution in [3.05, 3.63) is 29.8 Å². The first kappa shape index (κ1) is 16.0. The van der Waals surface area contributed by atoms with Crippen molar-refractivity contribution < 1.29 is 9.31 Å². The highest BCUT2D eigenvalue weighted by atomic mass is 16.7. The average Bonchev–Trinajstić information content (AvgIpc) is 2.91. The van der Waals surface area contributed by atoms with Crippen molar-refractivity contribution in [3.63, 3.8) is 0 Å². The third-order valence-corrected chi connectivity index (χ3v) is 5.46. The minimum absolute atomic E-state index is 0.263. The maximum atomic E-state index is 6.24. The Hall–Kier alpha value is -0.835. The van der Waals surface area contributed by atoms with E-state index >= 15 is 0 Å². The molecular weight excluding hydrogens is 273 g/mol. The van der Waals surface area contributed by atoms with Gasteiger partial charge >= 0.3 is 7.12 Å². The smallest absolute Gasteiger partial charge is 0.399 e.